The lowest BCUT2D eigenvalue weighted by atomic mass is 10.2. The van der Waals surface area contributed by atoms with Crippen molar-refractivity contribution in [3.63, 3.8) is 0 Å². The molecule has 0 heterocycles. The third kappa shape index (κ3) is 4.53. The molecule has 0 aliphatic heterocycles. The number of halogens is 1. The van der Waals surface area contributed by atoms with E-state index < -0.39 is 28.6 Å². The summed E-state index contributed by atoms with van der Waals surface area (Å²) in [5, 5.41) is 0.393. The maximum absolute atomic E-state index is 12.8. The normalized spacial score (nSPS) is 10.9. The van der Waals surface area contributed by atoms with Crippen LogP contribution in [-0.2, 0) is 24.3 Å². The van der Waals surface area contributed by atoms with Crippen molar-refractivity contribution in [1.82, 2.24) is 0 Å². The Morgan fingerprint density at radius 3 is 2.46 bits per heavy atom. The van der Waals surface area contributed by atoms with Gasteiger partial charge in [-0.2, -0.15) is 0 Å². The number of rotatable bonds is 6. The van der Waals surface area contributed by atoms with Gasteiger partial charge in [0.2, 0.25) is 0 Å². The molecule has 2 aromatic carbocycles. The number of esters is 2. The third-order valence-electron chi connectivity index (χ3n) is 3.45. The van der Waals surface area contributed by atoms with E-state index in [1.54, 1.807) is 18.2 Å². The number of benzene rings is 2. The van der Waals surface area contributed by atoms with Gasteiger partial charge in [0, 0.05) is 12.1 Å². The van der Waals surface area contributed by atoms with Crippen molar-refractivity contribution in [3.05, 3.63) is 59.1 Å². The second-order valence-electron chi connectivity index (χ2n) is 5.13. The highest BCUT2D eigenvalue weighted by molar-refractivity contribution is 7.92. The number of carbonyl (C=O) groups excluding carboxylic acids is 2. The minimum atomic E-state index is -3.93. The van der Waals surface area contributed by atoms with E-state index in [0.717, 1.165) is 11.4 Å². The molecule has 0 bridgehead atoms. The Kier molecular flexibility index (Phi) is 6.23. The van der Waals surface area contributed by atoms with Crippen LogP contribution in [0.2, 0.25) is 5.02 Å². The summed E-state index contributed by atoms with van der Waals surface area (Å²) in [6.45, 7) is -0.561. The molecule has 0 aromatic heterocycles. The Labute approximate surface area is 156 Å². The van der Waals surface area contributed by atoms with Gasteiger partial charge in [0.15, 0.2) is 6.61 Å². The first-order valence-electron chi connectivity index (χ1n) is 7.34. The van der Waals surface area contributed by atoms with E-state index in [1.807, 2.05) is 0 Å². The van der Waals surface area contributed by atoms with Gasteiger partial charge in [-0.25, -0.2) is 18.0 Å². The van der Waals surface area contributed by atoms with E-state index in [4.69, 9.17) is 16.3 Å². The highest BCUT2D eigenvalue weighted by Crippen LogP contribution is 2.25. The SMILES string of the molecule is COC(=O)COC(=O)c1cccc(S(=O)(=O)N(C)c2cccc(Cl)c2)c1. The number of anilines is 1. The summed E-state index contributed by atoms with van der Waals surface area (Å²) in [6, 6.07) is 11.7. The first-order chi connectivity index (χ1) is 12.3. The van der Waals surface area contributed by atoms with Gasteiger partial charge in [-0.05, 0) is 36.4 Å². The van der Waals surface area contributed by atoms with Crippen molar-refractivity contribution in [2.24, 2.45) is 0 Å². The summed E-state index contributed by atoms with van der Waals surface area (Å²) in [4.78, 5) is 22.9. The van der Waals surface area contributed by atoms with Gasteiger partial charge in [-0.15, -0.1) is 0 Å². The molecule has 0 unspecified atom stereocenters. The Morgan fingerprint density at radius 2 is 1.81 bits per heavy atom. The maximum atomic E-state index is 12.8. The standard InChI is InChI=1S/C17H16ClNO6S/c1-19(14-7-4-6-13(18)10-14)26(22,23)15-8-3-5-12(9-15)17(21)25-11-16(20)24-2/h3-10H,11H2,1-2H3. The lowest BCUT2D eigenvalue weighted by Crippen LogP contribution is -2.26. The summed E-state index contributed by atoms with van der Waals surface area (Å²) >= 11 is 5.90. The fourth-order valence-electron chi connectivity index (χ4n) is 2.02. The van der Waals surface area contributed by atoms with Crippen LogP contribution in [0.15, 0.2) is 53.4 Å². The highest BCUT2D eigenvalue weighted by Gasteiger charge is 2.23. The van der Waals surface area contributed by atoms with Crippen LogP contribution in [0.5, 0.6) is 0 Å². The zero-order chi connectivity index (χ0) is 19.3. The Bertz CT molecular complexity index is 928. The van der Waals surface area contributed by atoms with Crippen molar-refractivity contribution in [1.29, 1.82) is 0 Å². The number of sulfonamides is 1. The second-order valence-corrected chi connectivity index (χ2v) is 7.54. The van der Waals surface area contributed by atoms with Gasteiger partial charge in [0.25, 0.3) is 10.0 Å². The van der Waals surface area contributed by atoms with E-state index in [1.165, 1.54) is 37.4 Å². The molecule has 2 rings (SSSR count). The molecule has 0 spiro atoms. The van der Waals surface area contributed by atoms with Gasteiger partial charge in [0.1, 0.15) is 0 Å². The van der Waals surface area contributed by atoms with Crippen molar-refractivity contribution in [2.45, 2.75) is 4.90 Å². The summed E-state index contributed by atoms with van der Waals surface area (Å²) < 4.78 is 35.8. The zero-order valence-corrected chi connectivity index (χ0v) is 15.6. The zero-order valence-electron chi connectivity index (χ0n) is 14.0. The van der Waals surface area contributed by atoms with Crippen LogP contribution in [0.3, 0.4) is 0 Å². The predicted molar refractivity (Wildman–Crippen MR) is 95.8 cm³/mol. The van der Waals surface area contributed by atoms with Gasteiger partial charge in [0.05, 0.1) is 23.3 Å². The van der Waals surface area contributed by atoms with E-state index in [0.29, 0.717) is 10.7 Å². The molecular weight excluding hydrogens is 382 g/mol. The Balaban J connectivity index is 2.27. The van der Waals surface area contributed by atoms with Crippen LogP contribution in [0.4, 0.5) is 5.69 Å². The first-order valence-corrected chi connectivity index (χ1v) is 9.16. The topological polar surface area (TPSA) is 90.0 Å². The van der Waals surface area contributed by atoms with Crippen LogP contribution < -0.4 is 4.31 Å². The summed E-state index contributed by atoms with van der Waals surface area (Å²) in [5.74, 6) is -1.55. The molecule has 0 amide bonds. The summed E-state index contributed by atoms with van der Waals surface area (Å²) in [6.07, 6.45) is 0. The number of carbonyl (C=O) groups is 2. The van der Waals surface area contributed by atoms with Crippen molar-refractivity contribution < 1.29 is 27.5 Å². The molecule has 0 aliphatic carbocycles. The van der Waals surface area contributed by atoms with Gasteiger partial charge < -0.3 is 9.47 Å². The molecule has 0 atom stereocenters. The molecule has 138 valence electrons. The molecule has 9 heteroatoms. The lowest BCUT2D eigenvalue weighted by Gasteiger charge is -2.20. The molecule has 0 radical (unpaired) electrons. The van der Waals surface area contributed by atoms with Crippen molar-refractivity contribution >= 4 is 39.3 Å². The fourth-order valence-corrected chi connectivity index (χ4v) is 3.44. The van der Waals surface area contributed by atoms with E-state index >= 15 is 0 Å². The summed E-state index contributed by atoms with van der Waals surface area (Å²) in [5.41, 5.74) is 0.366. The van der Waals surface area contributed by atoms with Crippen LogP contribution in [0.1, 0.15) is 10.4 Å². The molecule has 0 fully saturated rings. The number of hydrogen-bond donors (Lipinski definition) is 0. The van der Waals surface area contributed by atoms with E-state index in [-0.39, 0.29) is 10.5 Å². The fraction of sp³-hybridized carbons (Fsp3) is 0.176. The number of methoxy groups -OCH3 is 1. The maximum Gasteiger partial charge on any atom is 0.344 e. The van der Waals surface area contributed by atoms with E-state index in [2.05, 4.69) is 4.74 Å². The Morgan fingerprint density at radius 1 is 1.12 bits per heavy atom. The van der Waals surface area contributed by atoms with Gasteiger partial charge >= 0.3 is 11.9 Å². The summed E-state index contributed by atoms with van der Waals surface area (Å²) in [7, 11) is -1.39. The molecule has 0 N–H and O–H groups in total. The number of ether oxygens (including phenoxy) is 2. The van der Waals surface area contributed by atoms with Gasteiger partial charge in [-0.3, -0.25) is 4.31 Å². The molecule has 2 aromatic rings. The minimum Gasteiger partial charge on any atom is -0.466 e. The van der Waals surface area contributed by atoms with Gasteiger partial charge in [-0.1, -0.05) is 23.7 Å². The number of hydrogen-bond acceptors (Lipinski definition) is 6. The minimum absolute atomic E-state index is 0.00512. The predicted octanol–water partition coefficient (Wildman–Crippen LogP) is 2.49. The molecule has 0 saturated heterocycles. The van der Waals surface area contributed by atoms with E-state index in [9.17, 15) is 18.0 Å². The average Bonchev–Trinajstić information content (AvgIpc) is 2.65. The third-order valence-corrected chi connectivity index (χ3v) is 5.47. The van der Waals surface area contributed by atoms with Crippen LogP contribution in [-0.4, -0.2) is 41.1 Å². The molecular formula is C17H16ClNO6S. The molecule has 0 aliphatic rings. The van der Waals surface area contributed by atoms with Crippen LogP contribution in [0.25, 0.3) is 0 Å². The second kappa shape index (κ2) is 8.20. The lowest BCUT2D eigenvalue weighted by molar-refractivity contribution is -0.144. The van der Waals surface area contributed by atoms with Crippen molar-refractivity contribution in [3.8, 4) is 0 Å². The molecule has 26 heavy (non-hydrogen) atoms. The highest BCUT2D eigenvalue weighted by atomic mass is 35.5. The largest absolute Gasteiger partial charge is 0.466 e. The van der Waals surface area contributed by atoms with Crippen LogP contribution >= 0.6 is 11.6 Å². The number of nitrogens with zero attached hydrogens (tertiary/aromatic N) is 1. The average molecular weight is 398 g/mol. The quantitative estimate of drug-likeness (QED) is 0.695. The molecule has 7 nitrogen and oxygen atoms in total. The Hall–Kier alpha value is -2.58. The first kappa shape index (κ1) is 19.7. The van der Waals surface area contributed by atoms with Crippen molar-refractivity contribution in [2.75, 3.05) is 25.1 Å². The smallest absolute Gasteiger partial charge is 0.344 e. The van der Waals surface area contributed by atoms with Crippen LogP contribution in [0, 0.1) is 0 Å². The molecule has 0 saturated carbocycles. The monoisotopic (exact) mass is 397 g/mol.